The van der Waals surface area contributed by atoms with Crippen LogP contribution in [0.3, 0.4) is 0 Å². The summed E-state index contributed by atoms with van der Waals surface area (Å²) < 4.78 is 6.56. The minimum atomic E-state index is -1.08. The first-order chi connectivity index (χ1) is 9.38. The number of nitrogens with one attached hydrogen (secondary N) is 1. The zero-order valence-electron chi connectivity index (χ0n) is 12.2. The lowest BCUT2D eigenvalue weighted by Gasteiger charge is -2.14. The Bertz CT molecular complexity index is 482. The van der Waals surface area contributed by atoms with Crippen LogP contribution in [0.25, 0.3) is 0 Å². The van der Waals surface area contributed by atoms with Crippen LogP contribution in [0.5, 0.6) is 0 Å². The molecule has 2 N–H and O–H groups in total. The molecular formula is C13H21N3O4. The smallest absolute Gasteiger partial charge is 0.326 e. The van der Waals surface area contributed by atoms with Crippen LogP contribution in [-0.2, 0) is 9.53 Å². The van der Waals surface area contributed by atoms with Crippen molar-refractivity contribution in [1.82, 2.24) is 15.1 Å². The molecule has 112 valence electrons. The van der Waals surface area contributed by atoms with Crippen LogP contribution in [-0.4, -0.2) is 46.5 Å². The number of methoxy groups -OCH3 is 1. The summed E-state index contributed by atoms with van der Waals surface area (Å²) >= 11 is 0. The average Bonchev–Trinajstić information content (AvgIpc) is 2.75. The van der Waals surface area contributed by atoms with Gasteiger partial charge >= 0.3 is 5.97 Å². The highest BCUT2D eigenvalue weighted by molar-refractivity contribution is 5.97. The van der Waals surface area contributed by atoms with E-state index in [0.717, 1.165) is 0 Å². The van der Waals surface area contributed by atoms with Crippen LogP contribution < -0.4 is 5.32 Å². The number of hydrogen-bond acceptors (Lipinski definition) is 4. The quantitative estimate of drug-likeness (QED) is 0.778. The minimum absolute atomic E-state index is 0.139. The molecule has 1 aromatic heterocycles. The lowest BCUT2D eigenvalue weighted by Crippen LogP contribution is -2.41. The van der Waals surface area contributed by atoms with Crippen molar-refractivity contribution in [1.29, 1.82) is 0 Å². The van der Waals surface area contributed by atoms with Gasteiger partial charge in [-0.3, -0.25) is 9.48 Å². The highest BCUT2D eigenvalue weighted by Gasteiger charge is 2.23. The maximum Gasteiger partial charge on any atom is 0.326 e. The molecule has 0 radical (unpaired) electrons. The maximum atomic E-state index is 12.1. The Morgan fingerprint density at radius 3 is 2.60 bits per heavy atom. The summed E-state index contributed by atoms with van der Waals surface area (Å²) in [6.07, 6.45) is 1.68. The van der Waals surface area contributed by atoms with Crippen molar-refractivity contribution in [3.05, 3.63) is 17.5 Å². The summed E-state index contributed by atoms with van der Waals surface area (Å²) in [5.74, 6) is -1.51. The molecule has 0 fully saturated rings. The van der Waals surface area contributed by atoms with Crippen LogP contribution in [0.4, 0.5) is 0 Å². The summed E-state index contributed by atoms with van der Waals surface area (Å²) in [6.45, 7) is 5.97. The Morgan fingerprint density at radius 2 is 2.15 bits per heavy atom. The van der Waals surface area contributed by atoms with Crippen LogP contribution in [0.2, 0.25) is 0 Å². The number of carboxylic acids is 1. The van der Waals surface area contributed by atoms with Crippen molar-refractivity contribution in [2.45, 2.75) is 39.3 Å². The van der Waals surface area contributed by atoms with E-state index in [1.807, 2.05) is 13.8 Å². The van der Waals surface area contributed by atoms with Crippen LogP contribution in [0.1, 0.15) is 42.4 Å². The summed E-state index contributed by atoms with van der Waals surface area (Å²) in [7, 11) is 1.48. The summed E-state index contributed by atoms with van der Waals surface area (Å²) in [4.78, 5) is 23.2. The van der Waals surface area contributed by atoms with Gasteiger partial charge in [-0.15, -0.1) is 0 Å². The monoisotopic (exact) mass is 283 g/mol. The van der Waals surface area contributed by atoms with Gasteiger partial charge in [0.05, 0.1) is 11.8 Å². The molecule has 0 saturated heterocycles. The van der Waals surface area contributed by atoms with E-state index in [0.29, 0.717) is 11.3 Å². The number of amides is 1. The number of nitrogens with zero attached hydrogens (tertiary/aromatic N) is 2. The molecule has 7 heteroatoms. The number of hydrogen-bond donors (Lipinski definition) is 2. The molecule has 0 bridgehead atoms. The normalized spacial score (nSPS) is 12.4. The van der Waals surface area contributed by atoms with Gasteiger partial charge < -0.3 is 15.2 Å². The molecule has 1 heterocycles. The number of carbonyl (C=O) groups is 2. The van der Waals surface area contributed by atoms with Crippen LogP contribution in [0, 0.1) is 6.92 Å². The Morgan fingerprint density at radius 1 is 1.50 bits per heavy atom. The molecule has 1 amide bonds. The van der Waals surface area contributed by atoms with Crippen molar-refractivity contribution in [2.24, 2.45) is 0 Å². The fourth-order valence-corrected chi connectivity index (χ4v) is 1.90. The molecule has 1 rings (SSSR count). The Balaban J connectivity index is 2.81. The van der Waals surface area contributed by atoms with Gasteiger partial charge in [-0.25, -0.2) is 4.79 Å². The second kappa shape index (κ2) is 7.04. The maximum absolute atomic E-state index is 12.1. The predicted molar refractivity (Wildman–Crippen MR) is 72.7 cm³/mol. The van der Waals surface area contributed by atoms with Gasteiger partial charge in [-0.05, 0) is 20.8 Å². The van der Waals surface area contributed by atoms with Crippen molar-refractivity contribution in [2.75, 3.05) is 13.7 Å². The second-order valence-electron chi connectivity index (χ2n) is 4.83. The van der Waals surface area contributed by atoms with E-state index in [1.165, 1.54) is 13.3 Å². The van der Waals surface area contributed by atoms with E-state index in [9.17, 15) is 9.59 Å². The van der Waals surface area contributed by atoms with Crippen molar-refractivity contribution >= 4 is 11.9 Å². The van der Waals surface area contributed by atoms with E-state index in [1.54, 1.807) is 11.6 Å². The van der Waals surface area contributed by atoms with Crippen molar-refractivity contribution < 1.29 is 19.4 Å². The number of aliphatic carboxylic acids is 1. The second-order valence-corrected chi connectivity index (χ2v) is 4.83. The Kier molecular flexibility index (Phi) is 5.69. The average molecular weight is 283 g/mol. The topological polar surface area (TPSA) is 93.5 Å². The van der Waals surface area contributed by atoms with E-state index in [-0.39, 0.29) is 19.1 Å². The van der Waals surface area contributed by atoms with Crippen LogP contribution in [0.15, 0.2) is 6.20 Å². The fourth-order valence-electron chi connectivity index (χ4n) is 1.90. The standard InChI is InChI=1S/C13H21N3O4/c1-8(2)16-9(3)10(7-14-16)12(17)15-11(13(18)19)5-6-20-4/h7-8,11H,5-6H2,1-4H3,(H,15,17)(H,18,19). The first-order valence-corrected chi connectivity index (χ1v) is 6.45. The minimum Gasteiger partial charge on any atom is -0.480 e. The fraction of sp³-hybridized carbons (Fsp3) is 0.615. The van der Waals surface area contributed by atoms with Crippen molar-refractivity contribution in [3.8, 4) is 0 Å². The Labute approximate surface area is 117 Å². The molecule has 0 aliphatic rings. The molecule has 1 aromatic rings. The van der Waals surface area contributed by atoms with Gasteiger partial charge in [0.2, 0.25) is 0 Å². The molecule has 0 spiro atoms. The largest absolute Gasteiger partial charge is 0.480 e. The molecule has 0 saturated carbocycles. The molecular weight excluding hydrogens is 262 g/mol. The van der Waals surface area contributed by atoms with E-state index in [2.05, 4.69) is 10.4 Å². The van der Waals surface area contributed by atoms with Crippen molar-refractivity contribution in [3.63, 3.8) is 0 Å². The van der Waals surface area contributed by atoms with E-state index in [4.69, 9.17) is 9.84 Å². The molecule has 20 heavy (non-hydrogen) atoms. The third kappa shape index (κ3) is 3.80. The highest BCUT2D eigenvalue weighted by atomic mass is 16.5. The van der Waals surface area contributed by atoms with Gasteiger partial charge in [0.15, 0.2) is 0 Å². The Hall–Kier alpha value is -1.89. The number of carbonyl (C=O) groups excluding carboxylic acids is 1. The molecule has 1 atom stereocenters. The lowest BCUT2D eigenvalue weighted by atomic mass is 10.2. The summed E-state index contributed by atoms with van der Waals surface area (Å²) in [6, 6.07) is -0.829. The number of rotatable bonds is 7. The van der Waals surface area contributed by atoms with Gasteiger partial charge in [-0.1, -0.05) is 0 Å². The SMILES string of the molecule is COCCC(NC(=O)c1cnn(C(C)C)c1C)C(=O)O. The first kappa shape index (κ1) is 16.2. The number of carboxylic acid groups (broad SMARTS) is 1. The third-order valence-electron chi connectivity index (χ3n) is 2.99. The van der Waals surface area contributed by atoms with E-state index >= 15 is 0 Å². The van der Waals surface area contributed by atoms with Gasteiger partial charge in [0.1, 0.15) is 6.04 Å². The van der Waals surface area contributed by atoms with E-state index < -0.39 is 17.9 Å². The summed E-state index contributed by atoms with van der Waals surface area (Å²) in [5, 5.41) is 15.7. The third-order valence-corrected chi connectivity index (χ3v) is 2.99. The lowest BCUT2D eigenvalue weighted by molar-refractivity contribution is -0.139. The number of ether oxygens (including phenoxy) is 1. The highest BCUT2D eigenvalue weighted by Crippen LogP contribution is 2.13. The predicted octanol–water partition coefficient (Wildman–Crippen LogP) is 0.992. The molecule has 0 aliphatic heterocycles. The molecule has 1 unspecified atom stereocenters. The first-order valence-electron chi connectivity index (χ1n) is 6.45. The molecule has 0 aromatic carbocycles. The summed E-state index contributed by atoms with van der Waals surface area (Å²) in [5.41, 5.74) is 1.11. The zero-order chi connectivity index (χ0) is 15.3. The zero-order valence-corrected chi connectivity index (χ0v) is 12.2. The van der Waals surface area contributed by atoms with Gasteiger partial charge in [0, 0.05) is 31.9 Å². The van der Waals surface area contributed by atoms with Gasteiger partial charge in [-0.2, -0.15) is 5.10 Å². The molecule has 0 aliphatic carbocycles. The van der Waals surface area contributed by atoms with Gasteiger partial charge in [0.25, 0.3) is 5.91 Å². The number of aromatic nitrogens is 2. The molecule has 7 nitrogen and oxygen atoms in total. The van der Waals surface area contributed by atoms with Crippen LogP contribution >= 0.6 is 0 Å².